The Kier molecular flexibility index (Phi) is 11.5. The van der Waals surface area contributed by atoms with E-state index in [1.807, 2.05) is 6.92 Å². The lowest BCUT2D eigenvalue weighted by Gasteiger charge is -2.46. The molecule has 0 aromatic rings. The van der Waals surface area contributed by atoms with Gasteiger partial charge < -0.3 is 50.2 Å². The van der Waals surface area contributed by atoms with Crippen LogP contribution in [0.1, 0.15) is 39.5 Å². The first-order valence-electron chi connectivity index (χ1n) is 11.2. The average Bonchev–Trinajstić information content (AvgIpc) is 2.77. The van der Waals surface area contributed by atoms with Gasteiger partial charge in [0, 0.05) is 13.2 Å². The molecule has 0 amide bonds. The summed E-state index contributed by atoms with van der Waals surface area (Å²) in [5.41, 5.74) is 5.41. The van der Waals surface area contributed by atoms with Crippen LogP contribution in [0.3, 0.4) is 0 Å². The zero-order chi connectivity index (χ0) is 23.0. The van der Waals surface area contributed by atoms with Gasteiger partial charge in [-0.1, -0.05) is 13.8 Å². The topological polar surface area (TPSA) is 176 Å². The van der Waals surface area contributed by atoms with Crippen molar-refractivity contribution < 1.29 is 44.5 Å². The lowest BCUT2D eigenvalue weighted by molar-refractivity contribution is -0.339. The Hall–Kier alpha value is -0.440. The van der Waals surface area contributed by atoms with Crippen LogP contribution in [0.25, 0.3) is 0 Å². The summed E-state index contributed by atoms with van der Waals surface area (Å²) in [6, 6.07) is 0. The molecule has 10 atom stereocenters. The van der Waals surface area contributed by atoms with Gasteiger partial charge in [-0.15, -0.1) is 0 Å². The second-order valence-corrected chi connectivity index (χ2v) is 8.07. The Labute approximate surface area is 183 Å². The lowest BCUT2D eigenvalue weighted by atomic mass is 9.94. The van der Waals surface area contributed by atoms with E-state index >= 15 is 0 Å². The van der Waals surface area contributed by atoms with Crippen molar-refractivity contribution in [1.29, 1.82) is 0 Å². The summed E-state index contributed by atoms with van der Waals surface area (Å²) in [6.07, 6.45) is -8.77. The molecule has 0 saturated carbocycles. The summed E-state index contributed by atoms with van der Waals surface area (Å²) in [4.78, 5) is 0. The Balaban J connectivity index is 1.90. The van der Waals surface area contributed by atoms with E-state index < -0.39 is 61.3 Å². The van der Waals surface area contributed by atoms with Crippen molar-refractivity contribution in [3.8, 4) is 0 Å². The molecule has 11 nitrogen and oxygen atoms in total. The Morgan fingerprint density at radius 1 is 0.806 bits per heavy atom. The summed E-state index contributed by atoms with van der Waals surface area (Å²) < 4.78 is 22.7. The number of hydrogen-bond acceptors (Lipinski definition) is 11. The highest BCUT2D eigenvalue weighted by Crippen LogP contribution is 2.30. The third kappa shape index (κ3) is 7.02. The van der Waals surface area contributed by atoms with E-state index in [0.717, 1.165) is 6.42 Å². The molecule has 2 saturated heterocycles. The molecule has 0 aromatic carbocycles. The molecular formula is C20H40N2O9. The van der Waals surface area contributed by atoms with Gasteiger partial charge in [-0.2, -0.15) is 0 Å². The van der Waals surface area contributed by atoms with Crippen LogP contribution in [-0.4, -0.2) is 113 Å². The molecule has 2 rings (SSSR count). The van der Waals surface area contributed by atoms with Crippen molar-refractivity contribution in [3.63, 3.8) is 0 Å². The first kappa shape index (κ1) is 26.8. The summed E-state index contributed by atoms with van der Waals surface area (Å²) in [7, 11) is 0. The minimum atomic E-state index is -1.50. The molecule has 2 aliphatic heterocycles. The molecule has 0 bridgehead atoms. The molecule has 2 heterocycles. The average molecular weight is 453 g/mol. The number of aliphatic hydroxyl groups excluding tert-OH is 5. The molecule has 0 radical (unpaired) electrons. The summed E-state index contributed by atoms with van der Waals surface area (Å²) in [5.74, 6) is 0. The van der Waals surface area contributed by atoms with E-state index in [-0.39, 0.29) is 0 Å². The normalized spacial score (nSPS) is 41.4. The highest BCUT2D eigenvalue weighted by atomic mass is 16.7. The van der Waals surface area contributed by atoms with E-state index in [4.69, 9.17) is 24.7 Å². The maximum Gasteiger partial charge on any atom is 0.187 e. The number of aliphatic hydroxyl groups is 5. The largest absolute Gasteiger partial charge is 0.388 e. The van der Waals surface area contributed by atoms with E-state index in [0.29, 0.717) is 45.6 Å². The maximum atomic E-state index is 10.7. The van der Waals surface area contributed by atoms with Crippen LogP contribution in [0, 0.1) is 0 Å². The van der Waals surface area contributed by atoms with Gasteiger partial charge in [0.2, 0.25) is 0 Å². The van der Waals surface area contributed by atoms with Gasteiger partial charge in [-0.25, -0.2) is 0 Å². The van der Waals surface area contributed by atoms with Crippen molar-refractivity contribution in [2.24, 2.45) is 5.73 Å². The van der Waals surface area contributed by atoms with Gasteiger partial charge in [-0.05, 0) is 38.8 Å². The molecule has 0 aromatic heterocycles. The predicted octanol–water partition coefficient (Wildman–Crippen LogP) is -2.21. The van der Waals surface area contributed by atoms with Gasteiger partial charge in [0.1, 0.15) is 42.9 Å². The van der Waals surface area contributed by atoms with Crippen molar-refractivity contribution in [3.05, 3.63) is 0 Å². The monoisotopic (exact) mass is 452 g/mol. The third-order valence-corrected chi connectivity index (χ3v) is 5.75. The van der Waals surface area contributed by atoms with Gasteiger partial charge in [-0.3, -0.25) is 5.32 Å². The van der Waals surface area contributed by atoms with Crippen LogP contribution in [0.4, 0.5) is 0 Å². The quantitative estimate of drug-likeness (QED) is 0.160. The minimum absolute atomic E-state index is 0.399. The smallest absolute Gasteiger partial charge is 0.187 e. The molecule has 8 N–H and O–H groups in total. The number of nitrogens with one attached hydrogen (secondary N) is 1. The van der Waals surface area contributed by atoms with Crippen molar-refractivity contribution >= 4 is 0 Å². The van der Waals surface area contributed by atoms with E-state index in [1.165, 1.54) is 0 Å². The van der Waals surface area contributed by atoms with Gasteiger partial charge in [0.25, 0.3) is 0 Å². The van der Waals surface area contributed by atoms with Crippen molar-refractivity contribution in [1.82, 2.24) is 5.32 Å². The zero-order valence-corrected chi connectivity index (χ0v) is 18.4. The second kappa shape index (κ2) is 13.3. The highest BCUT2D eigenvalue weighted by molar-refractivity contribution is 4.94. The van der Waals surface area contributed by atoms with Crippen LogP contribution < -0.4 is 11.1 Å². The molecule has 2 aliphatic rings. The standard InChI is InChI=1S/C20H40N2O9/c1-3-11-13(23)14(24)17(27)20(30-11)31-18-12(4-2)29-19(16(26)15(18)25)22-8-6-10-28-9-5-7-21/h11-20,22-27H,3-10,21H2,1-2H3/t11?,12?,13-,14-,15+,16?,17?,18-,19+,20-/m0/s1. The van der Waals surface area contributed by atoms with E-state index in [1.54, 1.807) is 6.92 Å². The van der Waals surface area contributed by atoms with Crippen LogP contribution in [0.5, 0.6) is 0 Å². The molecule has 0 spiro atoms. The van der Waals surface area contributed by atoms with E-state index in [2.05, 4.69) is 5.32 Å². The van der Waals surface area contributed by atoms with Crippen LogP contribution in [0.15, 0.2) is 0 Å². The first-order chi connectivity index (χ1) is 14.8. The highest BCUT2D eigenvalue weighted by Gasteiger charge is 2.49. The third-order valence-electron chi connectivity index (χ3n) is 5.75. The van der Waals surface area contributed by atoms with Crippen molar-refractivity contribution in [2.45, 2.75) is 101 Å². The Morgan fingerprint density at radius 2 is 1.48 bits per heavy atom. The minimum Gasteiger partial charge on any atom is -0.388 e. The lowest BCUT2D eigenvalue weighted by Crippen LogP contribution is -2.65. The SMILES string of the molecule is CCC1O[C@@H](O[C@H]2C(CC)O[C@@H](NCCCOCCCN)C(O)[C@H]2O)C(O)[C@@H](O)[C@H]1O. The Bertz CT molecular complexity index is 499. The summed E-state index contributed by atoms with van der Waals surface area (Å²) >= 11 is 0. The van der Waals surface area contributed by atoms with Crippen LogP contribution >= 0.6 is 0 Å². The second-order valence-electron chi connectivity index (χ2n) is 8.07. The zero-order valence-electron chi connectivity index (χ0n) is 18.4. The van der Waals surface area contributed by atoms with Crippen LogP contribution in [-0.2, 0) is 18.9 Å². The maximum absolute atomic E-state index is 10.7. The number of hydrogen-bond donors (Lipinski definition) is 7. The fourth-order valence-electron chi connectivity index (χ4n) is 3.83. The Morgan fingerprint density at radius 3 is 2.13 bits per heavy atom. The molecule has 0 aliphatic carbocycles. The number of ether oxygens (including phenoxy) is 4. The first-order valence-corrected chi connectivity index (χ1v) is 11.2. The molecule has 184 valence electrons. The van der Waals surface area contributed by atoms with Gasteiger partial charge in [0.15, 0.2) is 6.29 Å². The number of rotatable bonds is 12. The molecule has 11 heteroatoms. The number of nitrogens with two attached hydrogens (primary N) is 1. The predicted molar refractivity (Wildman–Crippen MR) is 110 cm³/mol. The van der Waals surface area contributed by atoms with Gasteiger partial charge >= 0.3 is 0 Å². The molecule has 31 heavy (non-hydrogen) atoms. The van der Waals surface area contributed by atoms with Crippen molar-refractivity contribution in [2.75, 3.05) is 26.3 Å². The fourth-order valence-corrected chi connectivity index (χ4v) is 3.83. The molecule has 2 fully saturated rings. The summed E-state index contributed by atoms with van der Waals surface area (Å²) in [5, 5.41) is 54.6. The summed E-state index contributed by atoms with van der Waals surface area (Å²) in [6.45, 7) is 5.87. The fraction of sp³-hybridized carbons (Fsp3) is 1.00. The molecular weight excluding hydrogens is 412 g/mol. The van der Waals surface area contributed by atoms with E-state index in [9.17, 15) is 25.5 Å². The van der Waals surface area contributed by atoms with Crippen LogP contribution in [0.2, 0.25) is 0 Å². The molecule has 4 unspecified atom stereocenters. The van der Waals surface area contributed by atoms with Gasteiger partial charge in [0.05, 0.1) is 12.2 Å².